The Labute approximate surface area is 270 Å². The predicted octanol–water partition coefficient (Wildman–Crippen LogP) is 4.71. The third kappa shape index (κ3) is 7.92. The molecule has 3 amide bonds. The molecule has 3 aromatic carbocycles. The van der Waals surface area contributed by atoms with E-state index in [1.807, 2.05) is 48.5 Å². The van der Waals surface area contributed by atoms with E-state index >= 15 is 0 Å². The maximum Gasteiger partial charge on any atom is 0.407 e. The number of carbonyl (C=O) groups is 4. The molecule has 3 aromatic rings. The Kier molecular flexibility index (Phi) is 10.8. The average Bonchev–Trinajstić information content (AvgIpc) is 3.35. The van der Waals surface area contributed by atoms with Crippen LogP contribution in [0.2, 0.25) is 0 Å². The van der Waals surface area contributed by atoms with E-state index in [4.69, 9.17) is 9.47 Å². The molecule has 1 unspecified atom stereocenters. The van der Waals surface area contributed by atoms with Crippen LogP contribution in [0.3, 0.4) is 0 Å². The highest BCUT2D eigenvalue weighted by Gasteiger charge is 2.37. The van der Waals surface area contributed by atoms with Crippen molar-refractivity contribution in [2.24, 2.45) is 0 Å². The Morgan fingerprint density at radius 2 is 1.35 bits per heavy atom. The molecule has 0 bridgehead atoms. The molecule has 0 saturated heterocycles. The number of carbonyl (C=O) groups excluding carboxylic acids is 4. The summed E-state index contributed by atoms with van der Waals surface area (Å²) in [5, 5.41) is 15.7. The van der Waals surface area contributed by atoms with Gasteiger partial charge in [0.1, 0.15) is 30.3 Å². The Balaban J connectivity index is 1.48. The van der Waals surface area contributed by atoms with Crippen LogP contribution in [0.25, 0.3) is 11.1 Å². The lowest BCUT2D eigenvalue weighted by molar-refractivity contribution is -0.158. The number of aliphatic hydroxyl groups is 1. The maximum atomic E-state index is 14.0. The molecule has 1 aliphatic rings. The predicted molar refractivity (Wildman–Crippen MR) is 174 cm³/mol. The van der Waals surface area contributed by atoms with Gasteiger partial charge in [-0.2, -0.15) is 0 Å². The quantitative estimate of drug-likeness (QED) is 0.262. The first kappa shape index (κ1) is 34.2. The van der Waals surface area contributed by atoms with Crippen molar-refractivity contribution in [3.63, 3.8) is 0 Å². The molecule has 0 spiro atoms. The van der Waals surface area contributed by atoms with Crippen molar-refractivity contribution >= 4 is 23.9 Å². The van der Waals surface area contributed by atoms with Crippen LogP contribution in [0, 0.1) is 0 Å². The number of esters is 1. The fraction of sp³-hybridized carbons (Fsp3) is 0.389. The van der Waals surface area contributed by atoms with Gasteiger partial charge in [0, 0.05) is 5.92 Å². The normalized spacial score (nSPS) is 14.9. The fourth-order valence-corrected chi connectivity index (χ4v) is 5.66. The number of nitrogens with zero attached hydrogens (tertiary/aromatic N) is 1. The SMILES string of the molecule is CC(C(=O)N[C@@H](C)C(=O)OC(C)(C)C)N(C(=O)[C@H](C)NC(=O)OCC1c2ccccc2-c2ccccc21)[C@H](CO)c1ccccc1. The van der Waals surface area contributed by atoms with Crippen LogP contribution in [-0.4, -0.2) is 70.8 Å². The second-order valence-corrected chi connectivity index (χ2v) is 12.5. The van der Waals surface area contributed by atoms with Gasteiger partial charge in [-0.05, 0) is 69.4 Å². The fourth-order valence-electron chi connectivity index (χ4n) is 5.66. The van der Waals surface area contributed by atoms with Crippen LogP contribution in [0.4, 0.5) is 4.79 Å². The van der Waals surface area contributed by atoms with Crippen LogP contribution >= 0.6 is 0 Å². The summed E-state index contributed by atoms with van der Waals surface area (Å²) in [6.07, 6.45) is -0.793. The highest BCUT2D eigenvalue weighted by molar-refractivity contribution is 5.93. The van der Waals surface area contributed by atoms with Gasteiger partial charge in [0.15, 0.2) is 0 Å². The van der Waals surface area contributed by atoms with Gasteiger partial charge in [0.2, 0.25) is 11.8 Å². The molecular formula is C36H43N3O7. The summed E-state index contributed by atoms with van der Waals surface area (Å²) >= 11 is 0. The molecule has 0 heterocycles. The largest absolute Gasteiger partial charge is 0.458 e. The maximum absolute atomic E-state index is 14.0. The standard InChI is InChI=1S/C36H43N3O7/c1-22(38-35(44)45-21-30-28-18-12-10-16-26(28)27-17-11-13-19-29(27)30)33(42)39(31(20-40)25-14-8-7-9-15-25)24(3)32(41)37-23(2)34(43)46-36(4,5)6/h7-19,22-24,30-31,40H,20-21H2,1-6H3,(H,37,41)(H,38,44)/t22-,23-,24?,31+/m0/s1. The molecule has 0 fully saturated rings. The zero-order valence-corrected chi connectivity index (χ0v) is 27.2. The highest BCUT2D eigenvalue weighted by atomic mass is 16.6. The first-order valence-electron chi connectivity index (χ1n) is 15.4. The minimum absolute atomic E-state index is 0.0646. The zero-order valence-electron chi connectivity index (χ0n) is 27.2. The van der Waals surface area contributed by atoms with E-state index in [1.54, 1.807) is 51.1 Å². The Morgan fingerprint density at radius 3 is 1.89 bits per heavy atom. The van der Waals surface area contributed by atoms with Gasteiger partial charge in [-0.15, -0.1) is 0 Å². The number of hydrogen-bond donors (Lipinski definition) is 3. The van der Waals surface area contributed by atoms with Crippen molar-refractivity contribution in [3.8, 4) is 11.1 Å². The number of fused-ring (bicyclic) bond motifs is 3. The number of alkyl carbamates (subject to hydrolysis) is 1. The molecule has 46 heavy (non-hydrogen) atoms. The van der Waals surface area contributed by atoms with Gasteiger partial charge in [0.25, 0.3) is 0 Å². The van der Waals surface area contributed by atoms with E-state index in [9.17, 15) is 24.3 Å². The third-order valence-corrected chi connectivity index (χ3v) is 7.91. The number of amides is 3. The molecule has 1 aliphatic carbocycles. The van der Waals surface area contributed by atoms with Crippen molar-refractivity contribution in [1.29, 1.82) is 0 Å². The molecule has 4 rings (SSSR count). The van der Waals surface area contributed by atoms with Crippen LogP contribution in [0.1, 0.15) is 70.2 Å². The zero-order chi connectivity index (χ0) is 33.6. The van der Waals surface area contributed by atoms with Gasteiger partial charge in [-0.1, -0.05) is 78.9 Å². The van der Waals surface area contributed by atoms with E-state index in [1.165, 1.54) is 25.7 Å². The van der Waals surface area contributed by atoms with Crippen LogP contribution in [-0.2, 0) is 23.9 Å². The molecule has 0 aromatic heterocycles. The molecule has 10 heteroatoms. The minimum Gasteiger partial charge on any atom is -0.458 e. The summed E-state index contributed by atoms with van der Waals surface area (Å²) < 4.78 is 11.0. The molecule has 0 aliphatic heterocycles. The molecule has 244 valence electrons. The first-order chi connectivity index (χ1) is 21.8. The average molecular weight is 630 g/mol. The van der Waals surface area contributed by atoms with E-state index in [2.05, 4.69) is 10.6 Å². The summed E-state index contributed by atoms with van der Waals surface area (Å²) in [5.74, 6) is -2.04. The van der Waals surface area contributed by atoms with Crippen LogP contribution < -0.4 is 10.6 Å². The van der Waals surface area contributed by atoms with Crippen molar-refractivity contribution in [2.45, 2.75) is 77.2 Å². The lowest BCUT2D eigenvalue weighted by Gasteiger charge is -2.37. The second kappa shape index (κ2) is 14.6. The van der Waals surface area contributed by atoms with Gasteiger partial charge in [-0.3, -0.25) is 9.59 Å². The number of aliphatic hydroxyl groups excluding tert-OH is 1. The summed E-state index contributed by atoms with van der Waals surface area (Å²) in [4.78, 5) is 54.2. The Morgan fingerprint density at radius 1 is 0.804 bits per heavy atom. The van der Waals surface area contributed by atoms with Crippen LogP contribution in [0.5, 0.6) is 0 Å². The summed E-state index contributed by atoms with van der Waals surface area (Å²) in [5.41, 5.74) is 4.14. The summed E-state index contributed by atoms with van der Waals surface area (Å²) in [6.45, 7) is 9.22. The molecule has 0 saturated carbocycles. The minimum atomic E-state index is -1.14. The molecule has 4 atom stereocenters. The van der Waals surface area contributed by atoms with Crippen molar-refractivity contribution in [3.05, 3.63) is 95.6 Å². The lowest BCUT2D eigenvalue weighted by atomic mass is 9.98. The monoisotopic (exact) mass is 629 g/mol. The number of nitrogens with one attached hydrogen (secondary N) is 2. The van der Waals surface area contributed by atoms with Crippen molar-refractivity contribution in [2.75, 3.05) is 13.2 Å². The van der Waals surface area contributed by atoms with Crippen molar-refractivity contribution in [1.82, 2.24) is 15.5 Å². The van der Waals surface area contributed by atoms with Crippen LogP contribution in [0.15, 0.2) is 78.9 Å². The number of hydrogen-bond acceptors (Lipinski definition) is 7. The topological polar surface area (TPSA) is 134 Å². The number of rotatable bonds is 11. The van der Waals surface area contributed by atoms with E-state index in [-0.39, 0.29) is 12.5 Å². The van der Waals surface area contributed by atoms with Gasteiger partial charge >= 0.3 is 12.1 Å². The smallest absolute Gasteiger partial charge is 0.407 e. The molecule has 3 N–H and O–H groups in total. The summed E-state index contributed by atoms with van der Waals surface area (Å²) in [6, 6.07) is 20.6. The first-order valence-corrected chi connectivity index (χ1v) is 15.4. The lowest BCUT2D eigenvalue weighted by Crippen LogP contribution is -2.57. The second-order valence-electron chi connectivity index (χ2n) is 12.5. The van der Waals surface area contributed by atoms with E-state index in [0.717, 1.165) is 22.3 Å². The number of benzene rings is 3. The molecular weight excluding hydrogens is 586 g/mol. The van der Waals surface area contributed by atoms with Gasteiger partial charge in [-0.25, -0.2) is 9.59 Å². The van der Waals surface area contributed by atoms with Gasteiger partial charge in [0.05, 0.1) is 12.6 Å². The summed E-state index contributed by atoms with van der Waals surface area (Å²) in [7, 11) is 0. The van der Waals surface area contributed by atoms with Gasteiger partial charge < -0.3 is 30.1 Å². The van der Waals surface area contributed by atoms with E-state index in [0.29, 0.717) is 5.56 Å². The highest BCUT2D eigenvalue weighted by Crippen LogP contribution is 2.44. The third-order valence-electron chi connectivity index (χ3n) is 7.91. The molecule has 0 radical (unpaired) electrons. The Bertz CT molecular complexity index is 1510. The number of ether oxygens (including phenoxy) is 2. The van der Waals surface area contributed by atoms with Crippen molar-refractivity contribution < 1.29 is 33.8 Å². The van der Waals surface area contributed by atoms with E-state index < -0.39 is 60.3 Å². The molecule has 10 nitrogen and oxygen atoms in total. The Hall–Kier alpha value is -4.70.